The van der Waals surface area contributed by atoms with Gasteiger partial charge in [-0.2, -0.15) is 0 Å². The van der Waals surface area contributed by atoms with E-state index in [1.807, 2.05) is 18.2 Å². The van der Waals surface area contributed by atoms with Crippen molar-refractivity contribution in [2.24, 2.45) is 0 Å². The summed E-state index contributed by atoms with van der Waals surface area (Å²) in [5, 5.41) is 0.598. The Kier molecular flexibility index (Phi) is 4.09. The molecule has 0 unspecified atom stereocenters. The Morgan fingerprint density at radius 2 is 1.62 bits per heavy atom. The van der Waals surface area contributed by atoms with Gasteiger partial charge in [0, 0.05) is 17.7 Å². The largest absolute Gasteiger partial charge is 0.454 e. The van der Waals surface area contributed by atoms with Crippen LogP contribution in [0.25, 0.3) is 0 Å². The Morgan fingerprint density at radius 3 is 2.42 bits per heavy atom. The molecule has 0 atom stereocenters. The van der Waals surface area contributed by atoms with Crippen molar-refractivity contribution in [2.45, 2.75) is 13.0 Å². The van der Waals surface area contributed by atoms with Crippen molar-refractivity contribution in [3.63, 3.8) is 0 Å². The number of hydrogen-bond acceptors (Lipinski definition) is 2. The zero-order valence-corrected chi connectivity index (χ0v) is 13.9. The molecule has 0 fully saturated rings. The van der Waals surface area contributed by atoms with Crippen LogP contribution >= 0.6 is 11.6 Å². The van der Waals surface area contributed by atoms with Crippen molar-refractivity contribution in [3.8, 4) is 11.5 Å². The second-order valence-corrected chi connectivity index (χ2v) is 6.26. The third-order valence-corrected chi connectivity index (χ3v) is 4.34. The van der Waals surface area contributed by atoms with E-state index in [0.29, 0.717) is 10.8 Å². The molecule has 24 heavy (non-hydrogen) atoms. The van der Waals surface area contributed by atoms with Crippen LogP contribution < -0.4 is 14.0 Å². The van der Waals surface area contributed by atoms with Crippen LogP contribution in [-0.2, 0) is 13.0 Å². The minimum absolute atomic E-state index is 0.236. The fraction of sp³-hybridized carbons (Fsp3) is 0.150. The van der Waals surface area contributed by atoms with E-state index in [4.69, 9.17) is 21.1 Å². The van der Waals surface area contributed by atoms with E-state index in [2.05, 4.69) is 53.4 Å². The molecule has 0 saturated carbocycles. The highest BCUT2D eigenvalue weighted by atomic mass is 35.5. The van der Waals surface area contributed by atoms with E-state index >= 15 is 0 Å². The van der Waals surface area contributed by atoms with Crippen molar-refractivity contribution in [3.05, 3.63) is 88.7 Å². The van der Waals surface area contributed by atoms with Gasteiger partial charge in [-0.05, 0) is 29.7 Å². The summed E-state index contributed by atoms with van der Waals surface area (Å²) >= 11 is 6.24. The smallest absolute Gasteiger partial charge is 0.231 e. The van der Waals surface area contributed by atoms with E-state index in [1.54, 1.807) is 0 Å². The third kappa shape index (κ3) is 3.22. The summed E-state index contributed by atoms with van der Waals surface area (Å²) in [4.78, 5) is 0. The predicted octanol–water partition coefficient (Wildman–Crippen LogP) is 4.00. The fourth-order valence-electron chi connectivity index (χ4n) is 2.87. The topological polar surface area (TPSA) is 22.3 Å². The zero-order valence-electron chi connectivity index (χ0n) is 13.1. The van der Waals surface area contributed by atoms with E-state index < -0.39 is 0 Å². The molecule has 0 bridgehead atoms. The number of benzene rings is 2. The van der Waals surface area contributed by atoms with Gasteiger partial charge in [-0.3, -0.25) is 0 Å². The molecule has 4 heteroatoms. The summed E-state index contributed by atoms with van der Waals surface area (Å²) in [5.74, 6) is 1.36. The molecule has 4 rings (SSSR count). The molecule has 0 radical (unpaired) electrons. The molecule has 0 spiro atoms. The molecule has 2 heterocycles. The molecule has 0 aliphatic carbocycles. The number of halogens is 1. The molecular formula is C20H17ClNO2+. The van der Waals surface area contributed by atoms with Crippen LogP contribution in [0.15, 0.2) is 67.0 Å². The maximum atomic E-state index is 6.24. The first kappa shape index (κ1) is 15.0. The summed E-state index contributed by atoms with van der Waals surface area (Å²) < 4.78 is 12.9. The average Bonchev–Trinajstić information content (AvgIpc) is 3.07. The molecule has 1 aliphatic rings. The first-order chi connectivity index (χ1) is 11.8. The van der Waals surface area contributed by atoms with Crippen LogP contribution in [0.3, 0.4) is 0 Å². The van der Waals surface area contributed by atoms with E-state index in [1.165, 1.54) is 11.1 Å². The van der Waals surface area contributed by atoms with Crippen LogP contribution in [0, 0.1) is 0 Å². The molecule has 0 amide bonds. The highest BCUT2D eigenvalue weighted by molar-refractivity contribution is 6.32. The average molecular weight is 339 g/mol. The van der Waals surface area contributed by atoms with Crippen LogP contribution in [0.5, 0.6) is 11.5 Å². The number of nitrogens with zero attached hydrogens (tertiary/aromatic N) is 1. The SMILES string of the molecule is Clc1cc(C[n+]2ccc(Cc3ccccc3)cc2)cc2c1OCO2. The lowest BCUT2D eigenvalue weighted by Gasteiger charge is -2.04. The maximum Gasteiger partial charge on any atom is 0.231 e. The highest BCUT2D eigenvalue weighted by Gasteiger charge is 2.19. The van der Waals surface area contributed by atoms with Gasteiger partial charge in [-0.25, -0.2) is 4.57 Å². The van der Waals surface area contributed by atoms with Gasteiger partial charge in [0.15, 0.2) is 30.4 Å². The van der Waals surface area contributed by atoms with Gasteiger partial charge >= 0.3 is 0 Å². The number of aromatic nitrogens is 1. The van der Waals surface area contributed by atoms with Gasteiger partial charge in [0.2, 0.25) is 6.79 Å². The molecule has 120 valence electrons. The zero-order chi connectivity index (χ0) is 16.4. The number of fused-ring (bicyclic) bond motifs is 1. The summed E-state index contributed by atoms with van der Waals surface area (Å²) in [7, 11) is 0. The lowest BCUT2D eigenvalue weighted by molar-refractivity contribution is -0.688. The van der Waals surface area contributed by atoms with Gasteiger partial charge in [0.1, 0.15) is 0 Å². The summed E-state index contributed by atoms with van der Waals surface area (Å²) in [5.41, 5.74) is 3.70. The van der Waals surface area contributed by atoms with Crippen molar-refractivity contribution >= 4 is 11.6 Å². The van der Waals surface area contributed by atoms with Crippen LogP contribution in [0.4, 0.5) is 0 Å². The lowest BCUT2D eigenvalue weighted by Crippen LogP contribution is -2.33. The molecule has 2 aromatic carbocycles. The molecule has 0 saturated heterocycles. The van der Waals surface area contributed by atoms with Crippen LogP contribution in [0.2, 0.25) is 5.02 Å². The van der Waals surface area contributed by atoms with Gasteiger partial charge < -0.3 is 9.47 Å². The second kappa shape index (κ2) is 6.54. The third-order valence-electron chi connectivity index (χ3n) is 4.06. The molecule has 3 nitrogen and oxygen atoms in total. The Balaban J connectivity index is 1.49. The maximum absolute atomic E-state index is 6.24. The van der Waals surface area contributed by atoms with Gasteiger partial charge in [0.05, 0.1) is 5.02 Å². The van der Waals surface area contributed by atoms with E-state index in [9.17, 15) is 0 Å². The molecule has 1 aromatic heterocycles. The molecular weight excluding hydrogens is 322 g/mol. The number of hydrogen-bond donors (Lipinski definition) is 0. The van der Waals surface area contributed by atoms with Crippen molar-refractivity contribution in [1.29, 1.82) is 0 Å². The Labute approximate surface area is 146 Å². The molecule has 3 aromatic rings. The quantitative estimate of drug-likeness (QED) is 0.671. The van der Waals surface area contributed by atoms with Crippen LogP contribution in [0.1, 0.15) is 16.7 Å². The fourth-order valence-corrected chi connectivity index (χ4v) is 3.15. The Morgan fingerprint density at radius 1 is 0.875 bits per heavy atom. The Bertz CT molecular complexity index is 848. The van der Waals surface area contributed by atoms with Crippen molar-refractivity contribution < 1.29 is 14.0 Å². The monoisotopic (exact) mass is 338 g/mol. The van der Waals surface area contributed by atoms with Gasteiger partial charge in [-0.1, -0.05) is 41.9 Å². The van der Waals surface area contributed by atoms with Gasteiger partial charge in [0.25, 0.3) is 0 Å². The number of pyridine rings is 1. The minimum atomic E-state index is 0.236. The first-order valence-corrected chi connectivity index (χ1v) is 8.26. The normalized spacial score (nSPS) is 12.4. The van der Waals surface area contributed by atoms with E-state index in [-0.39, 0.29) is 6.79 Å². The van der Waals surface area contributed by atoms with Crippen molar-refractivity contribution in [2.75, 3.05) is 6.79 Å². The number of ether oxygens (including phenoxy) is 2. The standard InChI is InChI=1S/C20H17ClNO2/c21-18-11-17(12-19-20(18)24-14-23-19)13-22-8-6-16(7-9-22)10-15-4-2-1-3-5-15/h1-9,11-12H,10,13-14H2/q+1. The molecule has 0 N–H and O–H groups in total. The van der Waals surface area contributed by atoms with Crippen molar-refractivity contribution in [1.82, 2.24) is 0 Å². The summed E-state index contributed by atoms with van der Waals surface area (Å²) in [6, 6.07) is 18.7. The lowest BCUT2D eigenvalue weighted by atomic mass is 10.1. The predicted molar refractivity (Wildman–Crippen MR) is 92.6 cm³/mol. The Hall–Kier alpha value is -2.52. The van der Waals surface area contributed by atoms with Crippen LogP contribution in [-0.4, -0.2) is 6.79 Å². The molecule has 1 aliphatic heterocycles. The van der Waals surface area contributed by atoms with Gasteiger partial charge in [-0.15, -0.1) is 0 Å². The van der Waals surface area contributed by atoms with E-state index in [0.717, 1.165) is 24.3 Å². The first-order valence-electron chi connectivity index (χ1n) is 7.88. The highest BCUT2D eigenvalue weighted by Crippen LogP contribution is 2.39. The number of rotatable bonds is 4. The second-order valence-electron chi connectivity index (χ2n) is 5.85. The minimum Gasteiger partial charge on any atom is -0.454 e. The summed E-state index contributed by atoms with van der Waals surface area (Å²) in [6.45, 7) is 0.974. The summed E-state index contributed by atoms with van der Waals surface area (Å²) in [6.07, 6.45) is 5.13.